The van der Waals surface area contributed by atoms with Gasteiger partial charge < -0.3 is 11.1 Å². The van der Waals surface area contributed by atoms with E-state index in [1.54, 1.807) is 0 Å². The first kappa shape index (κ1) is 18.5. The molecule has 0 bridgehead atoms. The van der Waals surface area contributed by atoms with E-state index < -0.39 is 0 Å². The molecule has 0 heterocycles. The maximum atomic E-state index is 6.07. The summed E-state index contributed by atoms with van der Waals surface area (Å²) in [5.74, 6) is 1.17. The molecule has 0 fully saturated rings. The van der Waals surface area contributed by atoms with Gasteiger partial charge in [0.1, 0.15) is 0 Å². The smallest absolute Gasteiger partial charge is 0.188 e. The summed E-state index contributed by atoms with van der Waals surface area (Å²) in [6, 6.07) is 7.84. The lowest BCUT2D eigenvalue weighted by molar-refractivity contribution is 0.595. The van der Waals surface area contributed by atoms with Crippen molar-refractivity contribution in [1.29, 1.82) is 0 Å². The van der Waals surface area contributed by atoms with Crippen LogP contribution in [0.5, 0.6) is 0 Å². The molecule has 1 aromatic carbocycles. The maximum Gasteiger partial charge on any atom is 0.188 e. The van der Waals surface area contributed by atoms with E-state index in [0.29, 0.717) is 11.9 Å². The highest BCUT2D eigenvalue weighted by Gasteiger charge is 1.99. The van der Waals surface area contributed by atoms with Gasteiger partial charge in [0.2, 0.25) is 0 Å². The van der Waals surface area contributed by atoms with Crippen LogP contribution in [-0.4, -0.2) is 19.0 Å². The van der Waals surface area contributed by atoms with E-state index >= 15 is 0 Å². The van der Waals surface area contributed by atoms with E-state index in [1.807, 2.05) is 24.3 Å². The highest BCUT2D eigenvalue weighted by molar-refractivity contribution is 14.0. The highest BCUT2D eigenvalue weighted by atomic mass is 127. The van der Waals surface area contributed by atoms with Gasteiger partial charge >= 0.3 is 0 Å². The largest absolute Gasteiger partial charge is 0.370 e. The number of hydrogen-bond donors (Lipinski definition) is 2. The van der Waals surface area contributed by atoms with E-state index in [9.17, 15) is 0 Å². The summed E-state index contributed by atoms with van der Waals surface area (Å²) in [7, 11) is 0. The molecule has 1 rings (SSSR count). The molecule has 0 atom stereocenters. The van der Waals surface area contributed by atoms with Crippen molar-refractivity contribution in [1.82, 2.24) is 5.32 Å². The minimum absolute atomic E-state index is 0. The minimum atomic E-state index is 0. The molecule has 0 aromatic heterocycles. The SMILES string of the molecule is CC(C)CCN=C(N)NCCc1ccccc1Cl.I. The Morgan fingerprint density at radius 3 is 2.68 bits per heavy atom. The quantitative estimate of drug-likeness (QED) is 0.440. The van der Waals surface area contributed by atoms with E-state index in [-0.39, 0.29) is 24.0 Å². The van der Waals surface area contributed by atoms with Gasteiger partial charge in [-0.1, -0.05) is 43.6 Å². The van der Waals surface area contributed by atoms with Gasteiger partial charge in [-0.25, -0.2) is 0 Å². The zero-order valence-corrected chi connectivity index (χ0v) is 14.6. The molecule has 0 aliphatic heterocycles. The molecule has 0 aliphatic rings. The van der Waals surface area contributed by atoms with E-state index in [4.69, 9.17) is 17.3 Å². The average molecular weight is 396 g/mol. The molecule has 0 radical (unpaired) electrons. The zero-order chi connectivity index (χ0) is 13.4. The van der Waals surface area contributed by atoms with Crippen LogP contribution in [0.25, 0.3) is 0 Å². The monoisotopic (exact) mass is 395 g/mol. The van der Waals surface area contributed by atoms with E-state index in [2.05, 4.69) is 24.2 Å². The van der Waals surface area contributed by atoms with Crippen molar-refractivity contribution in [3.63, 3.8) is 0 Å². The molecule has 108 valence electrons. The van der Waals surface area contributed by atoms with Crippen LogP contribution >= 0.6 is 35.6 Å². The number of guanidine groups is 1. The highest BCUT2D eigenvalue weighted by Crippen LogP contribution is 2.14. The molecule has 0 saturated carbocycles. The van der Waals surface area contributed by atoms with Crippen molar-refractivity contribution < 1.29 is 0 Å². The molecular weight excluding hydrogens is 373 g/mol. The minimum Gasteiger partial charge on any atom is -0.370 e. The zero-order valence-electron chi connectivity index (χ0n) is 11.5. The van der Waals surface area contributed by atoms with Gasteiger partial charge in [-0.15, -0.1) is 24.0 Å². The maximum absolute atomic E-state index is 6.07. The molecule has 3 nitrogen and oxygen atoms in total. The topological polar surface area (TPSA) is 50.4 Å². The fourth-order valence-electron chi connectivity index (χ4n) is 1.53. The van der Waals surface area contributed by atoms with Crippen molar-refractivity contribution in [3.8, 4) is 0 Å². The molecule has 0 spiro atoms. The molecular formula is C14H23ClIN3. The van der Waals surface area contributed by atoms with E-state index in [1.165, 1.54) is 0 Å². The summed E-state index contributed by atoms with van der Waals surface area (Å²) in [6.07, 6.45) is 1.91. The summed E-state index contributed by atoms with van der Waals surface area (Å²) in [5.41, 5.74) is 6.89. The van der Waals surface area contributed by atoms with Gasteiger partial charge in [0.05, 0.1) is 0 Å². The number of hydrogen-bond acceptors (Lipinski definition) is 1. The summed E-state index contributed by atoms with van der Waals surface area (Å²) < 4.78 is 0. The Kier molecular flexibility index (Phi) is 10.0. The lowest BCUT2D eigenvalue weighted by atomic mass is 10.1. The molecule has 0 unspecified atom stereocenters. The molecule has 0 saturated heterocycles. The van der Waals surface area contributed by atoms with Crippen LogP contribution in [0.4, 0.5) is 0 Å². The van der Waals surface area contributed by atoms with Gasteiger partial charge in [0, 0.05) is 18.1 Å². The molecule has 0 amide bonds. The van der Waals surface area contributed by atoms with Crippen molar-refractivity contribution >= 4 is 41.5 Å². The van der Waals surface area contributed by atoms with Crippen LogP contribution in [0.3, 0.4) is 0 Å². The van der Waals surface area contributed by atoms with Gasteiger partial charge in [-0.05, 0) is 30.4 Å². The van der Waals surface area contributed by atoms with Gasteiger partial charge in [-0.3, -0.25) is 4.99 Å². The number of halogens is 2. The lowest BCUT2D eigenvalue weighted by Gasteiger charge is -2.07. The normalized spacial score (nSPS) is 11.3. The van der Waals surface area contributed by atoms with Crippen LogP contribution in [0.15, 0.2) is 29.3 Å². The molecule has 3 N–H and O–H groups in total. The van der Waals surface area contributed by atoms with Crippen LogP contribution in [0.2, 0.25) is 5.02 Å². The number of rotatable bonds is 6. The van der Waals surface area contributed by atoms with Crippen LogP contribution in [0, 0.1) is 5.92 Å². The Balaban J connectivity index is 0.00000324. The van der Waals surface area contributed by atoms with Crippen molar-refractivity contribution in [2.75, 3.05) is 13.1 Å². The molecule has 1 aromatic rings. The number of aliphatic imine (C=N–C) groups is 1. The van der Waals surface area contributed by atoms with Crippen molar-refractivity contribution in [3.05, 3.63) is 34.9 Å². The number of nitrogens with one attached hydrogen (secondary N) is 1. The Morgan fingerprint density at radius 1 is 1.37 bits per heavy atom. The van der Waals surface area contributed by atoms with Crippen LogP contribution < -0.4 is 11.1 Å². The Labute approximate surface area is 138 Å². The van der Waals surface area contributed by atoms with Crippen molar-refractivity contribution in [2.45, 2.75) is 26.7 Å². The Hall–Kier alpha value is -0.490. The van der Waals surface area contributed by atoms with E-state index in [0.717, 1.165) is 36.5 Å². The fourth-order valence-corrected chi connectivity index (χ4v) is 1.76. The fraction of sp³-hybridized carbons (Fsp3) is 0.500. The summed E-state index contributed by atoms with van der Waals surface area (Å²) in [5, 5.41) is 3.90. The number of nitrogens with zero attached hydrogens (tertiary/aromatic N) is 1. The van der Waals surface area contributed by atoms with Gasteiger partial charge in [-0.2, -0.15) is 0 Å². The summed E-state index contributed by atoms with van der Waals surface area (Å²) >= 11 is 6.07. The lowest BCUT2D eigenvalue weighted by Crippen LogP contribution is -2.33. The molecule has 0 aliphatic carbocycles. The number of benzene rings is 1. The second-order valence-electron chi connectivity index (χ2n) is 4.72. The third-order valence-corrected chi connectivity index (χ3v) is 3.02. The predicted molar refractivity (Wildman–Crippen MR) is 94.5 cm³/mol. The predicted octanol–water partition coefficient (Wildman–Crippen LogP) is 3.45. The van der Waals surface area contributed by atoms with Crippen LogP contribution in [-0.2, 0) is 6.42 Å². The van der Waals surface area contributed by atoms with Crippen molar-refractivity contribution in [2.24, 2.45) is 16.6 Å². The third kappa shape index (κ3) is 8.31. The second-order valence-corrected chi connectivity index (χ2v) is 5.12. The first-order chi connectivity index (χ1) is 8.59. The van der Waals surface area contributed by atoms with Crippen LogP contribution in [0.1, 0.15) is 25.8 Å². The summed E-state index contributed by atoms with van der Waals surface area (Å²) in [6.45, 7) is 5.89. The van der Waals surface area contributed by atoms with Gasteiger partial charge in [0.25, 0.3) is 0 Å². The first-order valence-electron chi connectivity index (χ1n) is 6.36. The first-order valence-corrected chi connectivity index (χ1v) is 6.74. The Morgan fingerprint density at radius 2 is 2.05 bits per heavy atom. The van der Waals surface area contributed by atoms with Gasteiger partial charge in [0.15, 0.2) is 5.96 Å². The molecule has 5 heteroatoms. The second kappa shape index (κ2) is 10.3. The summed E-state index contributed by atoms with van der Waals surface area (Å²) in [4.78, 5) is 4.27. The number of nitrogens with two attached hydrogens (primary N) is 1. The third-order valence-electron chi connectivity index (χ3n) is 2.65. The Bertz CT molecular complexity index is 394. The average Bonchev–Trinajstić information content (AvgIpc) is 2.31. The molecule has 19 heavy (non-hydrogen) atoms. The standard InChI is InChI=1S/C14H22ClN3.HI/c1-11(2)7-9-17-14(16)18-10-8-12-5-3-4-6-13(12)15;/h3-6,11H,7-10H2,1-2H3,(H3,16,17,18);1H.